The molecule has 0 radical (unpaired) electrons. The van der Waals surface area contributed by atoms with Crippen LogP contribution in [0.5, 0.6) is 0 Å². The van der Waals surface area contributed by atoms with Crippen molar-refractivity contribution in [3.8, 4) is 10.6 Å². The van der Waals surface area contributed by atoms with E-state index in [0.717, 1.165) is 42.1 Å². The molecule has 0 N–H and O–H groups in total. The van der Waals surface area contributed by atoms with Gasteiger partial charge in [-0.15, -0.1) is 11.3 Å². The molecule has 1 fully saturated rings. The molecule has 3 heterocycles. The highest BCUT2D eigenvalue weighted by atomic mass is 32.1. The number of amides is 1. The van der Waals surface area contributed by atoms with Gasteiger partial charge in [0.15, 0.2) is 0 Å². The first-order valence-corrected chi connectivity index (χ1v) is 9.64. The number of likely N-dealkylation sites (tertiary alicyclic amines) is 1. The molecule has 1 aliphatic rings. The maximum atomic E-state index is 13.1. The Morgan fingerprint density at radius 2 is 1.84 bits per heavy atom. The van der Waals surface area contributed by atoms with E-state index in [2.05, 4.69) is 12.1 Å². The summed E-state index contributed by atoms with van der Waals surface area (Å²) in [5, 5.41) is 6.77. The van der Waals surface area contributed by atoms with Gasteiger partial charge in [-0.1, -0.05) is 36.4 Å². The van der Waals surface area contributed by atoms with E-state index in [4.69, 9.17) is 5.10 Å². The summed E-state index contributed by atoms with van der Waals surface area (Å²) in [6.45, 7) is 2.38. The maximum Gasteiger partial charge on any atom is 0.257 e. The average Bonchev–Trinajstić information content (AvgIpc) is 3.32. The minimum atomic E-state index is 0.113. The molecular weight excluding hydrogens is 330 g/mol. The largest absolute Gasteiger partial charge is 0.339 e. The fraction of sp³-hybridized carbons (Fsp3) is 0.300. The molecular formula is C20H21N3OS. The molecule has 0 atom stereocenters. The Balaban J connectivity index is 1.67. The molecule has 4 nitrogen and oxygen atoms in total. The number of rotatable bonds is 4. The third-order valence-corrected chi connectivity index (χ3v) is 5.45. The Morgan fingerprint density at radius 1 is 1.04 bits per heavy atom. The maximum absolute atomic E-state index is 13.1. The number of aromatic nitrogens is 2. The first-order chi connectivity index (χ1) is 12.3. The minimum absolute atomic E-state index is 0.113. The molecule has 128 valence electrons. The molecule has 0 aliphatic carbocycles. The van der Waals surface area contributed by atoms with E-state index in [-0.39, 0.29) is 5.91 Å². The monoisotopic (exact) mass is 351 g/mol. The molecule has 1 aliphatic heterocycles. The van der Waals surface area contributed by atoms with Crippen molar-refractivity contribution in [2.45, 2.75) is 25.8 Å². The highest BCUT2D eigenvalue weighted by Crippen LogP contribution is 2.28. The van der Waals surface area contributed by atoms with Crippen LogP contribution in [-0.2, 0) is 6.54 Å². The van der Waals surface area contributed by atoms with Crippen LogP contribution in [0.15, 0.2) is 54.0 Å². The zero-order valence-corrected chi connectivity index (χ0v) is 14.9. The van der Waals surface area contributed by atoms with Crippen LogP contribution in [0.3, 0.4) is 0 Å². The Bertz CT molecular complexity index is 833. The fourth-order valence-electron chi connectivity index (χ4n) is 3.29. The lowest BCUT2D eigenvalue weighted by Crippen LogP contribution is -2.35. The fourth-order valence-corrected chi connectivity index (χ4v) is 4.02. The number of carbonyl (C=O) groups excluding carboxylic acids is 1. The van der Waals surface area contributed by atoms with E-state index in [1.54, 1.807) is 11.3 Å². The second-order valence-electron chi connectivity index (χ2n) is 6.40. The predicted octanol–water partition coefficient (Wildman–Crippen LogP) is 4.29. The van der Waals surface area contributed by atoms with Gasteiger partial charge in [-0.05, 0) is 36.3 Å². The summed E-state index contributed by atoms with van der Waals surface area (Å²) in [6.07, 6.45) is 5.32. The van der Waals surface area contributed by atoms with E-state index < -0.39 is 0 Å². The van der Waals surface area contributed by atoms with Crippen LogP contribution in [0.25, 0.3) is 10.6 Å². The van der Waals surface area contributed by atoms with E-state index >= 15 is 0 Å². The topological polar surface area (TPSA) is 38.1 Å². The summed E-state index contributed by atoms with van der Waals surface area (Å²) in [5.41, 5.74) is 2.71. The van der Waals surface area contributed by atoms with Gasteiger partial charge in [-0.3, -0.25) is 9.48 Å². The number of nitrogens with zero attached hydrogens (tertiary/aromatic N) is 3. The summed E-state index contributed by atoms with van der Waals surface area (Å²) in [5.74, 6) is 0.113. The highest BCUT2D eigenvalue weighted by Gasteiger charge is 2.24. The van der Waals surface area contributed by atoms with Gasteiger partial charge >= 0.3 is 0 Å². The molecule has 4 rings (SSSR count). The number of benzene rings is 1. The molecule has 5 heteroatoms. The molecule has 0 saturated carbocycles. The SMILES string of the molecule is O=C(c1cn(Cc2ccccc2)nc1-c1cccs1)N1CCCCC1. The Labute approximate surface area is 151 Å². The number of carbonyl (C=O) groups is 1. The van der Waals surface area contributed by atoms with Crippen LogP contribution < -0.4 is 0 Å². The molecule has 1 saturated heterocycles. The van der Waals surface area contributed by atoms with E-state index in [0.29, 0.717) is 6.54 Å². The Kier molecular flexibility index (Phi) is 4.65. The molecule has 2 aromatic heterocycles. The summed E-state index contributed by atoms with van der Waals surface area (Å²) in [7, 11) is 0. The van der Waals surface area contributed by atoms with Crippen molar-refractivity contribution < 1.29 is 4.79 Å². The van der Waals surface area contributed by atoms with Gasteiger partial charge in [0, 0.05) is 19.3 Å². The second-order valence-corrected chi connectivity index (χ2v) is 7.35. The van der Waals surface area contributed by atoms with Crippen LogP contribution in [0.2, 0.25) is 0 Å². The van der Waals surface area contributed by atoms with Crippen molar-refractivity contribution in [3.05, 3.63) is 65.2 Å². The van der Waals surface area contributed by atoms with Gasteiger partial charge in [0.05, 0.1) is 17.0 Å². The minimum Gasteiger partial charge on any atom is -0.339 e. The standard InChI is InChI=1S/C20H21N3OS/c24-20(22-11-5-2-6-12-22)17-15-23(14-16-8-3-1-4-9-16)21-19(17)18-10-7-13-25-18/h1,3-4,7-10,13,15H,2,5-6,11-12,14H2. The molecule has 1 aromatic carbocycles. The number of thiophene rings is 1. The first-order valence-electron chi connectivity index (χ1n) is 8.76. The zero-order chi connectivity index (χ0) is 17.1. The Hall–Kier alpha value is -2.40. The third kappa shape index (κ3) is 3.51. The lowest BCUT2D eigenvalue weighted by Gasteiger charge is -2.26. The van der Waals surface area contributed by atoms with Gasteiger partial charge in [0.25, 0.3) is 5.91 Å². The highest BCUT2D eigenvalue weighted by molar-refractivity contribution is 7.13. The molecule has 0 spiro atoms. The van der Waals surface area contributed by atoms with Crippen LogP contribution in [0.1, 0.15) is 35.2 Å². The molecule has 1 amide bonds. The van der Waals surface area contributed by atoms with Crippen LogP contribution in [-0.4, -0.2) is 33.7 Å². The lowest BCUT2D eigenvalue weighted by molar-refractivity contribution is 0.0725. The smallest absolute Gasteiger partial charge is 0.257 e. The van der Waals surface area contributed by atoms with Crippen molar-refractivity contribution in [2.24, 2.45) is 0 Å². The van der Waals surface area contributed by atoms with E-state index in [1.165, 1.54) is 12.0 Å². The number of hydrogen-bond acceptors (Lipinski definition) is 3. The summed E-state index contributed by atoms with van der Waals surface area (Å²) < 4.78 is 1.89. The first kappa shape index (κ1) is 16.1. The van der Waals surface area contributed by atoms with Crippen LogP contribution >= 0.6 is 11.3 Å². The van der Waals surface area contributed by atoms with Gasteiger partial charge in [-0.25, -0.2) is 0 Å². The molecule has 3 aromatic rings. The van der Waals surface area contributed by atoms with Crippen molar-refractivity contribution >= 4 is 17.2 Å². The predicted molar refractivity (Wildman–Crippen MR) is 101 cm³/mol. The summed E-state index contributed by atoms with van der Waals surface area (Å²) >= 11 is 1.63. The van der Waals surface area contributed by atoms with Crippen LogP contribution in [0.4, 0.5) is 0 Å². The van der Waals surface area contributed by atoms with Gasteiger partial charge < -0.3 is 4.90 Å². The quantitative estimate of drug-likeness (QED) is 0.703. The number of piperidine rings is 1. The molecule has 25 heavy (non-hydrogen) atoms. The van der Waals surface area contributed by atoms with Crippen LogP contribution in [0, 0.1) is 0 Å². The molecule has 0 bridgehead atoms. The average molecular weight is 351 g/mol. The number of hydrogen-bond donors (Lipinski definition) is 0. The normalized spacial score (nSPS) is 14.6. The van der Waals surface area contributed by atoms with Crippen molar-refractivity contribution in [1.82, 2.24) is 14.7 Å². The summed E-state index contributed by atoms with van der Waals surface area (Å²) in [4.78, 5) is 16.1. The second kappa shape index (κ2) is 7.23. The van der Waals surface area contributed by atoms with Crippen molar-refractivity contribution in [1.29, 1.82) is 0 Å². The van der Waals surface area contributed by atoms with Crippen molar-refractivity contribution in [3.63, 3.8) is 0 Å². The van der Waals surface area contributed by atoms with E-state index in [1.807, 2.05) is 51.5 Å². The third-order valence-electron chi connectivity index (χ3n) is 4.58. The lowest BCUT2D eigenvalue weighted by atomic mass is 10.1. The van der Waals surface area contributed by atoms with Gasteiger partial charge in [0.1, 0.15) is 5.69 Å². The zero-order valence-electron chi connectivity index (χ0n) is 14.1. The van der Waals surface area contributed by atoms with Gasteiger partial charge in [-0.2, -0.15) is 5.10 Å². The van der Waals surface area contributed by atoms with E-state index in [9.17, 15) is 4.79 Å². The van der Waals surface area contributed by atoms with Gasteiger partial charge in [0.2, 0.25) is 0 Å². The Morgan fingerprint density at radius 3 is 2.56 bits per heavy atom. The molecule has 0 unspecified atom stereocenters. The summed E-state index contributed by atoms with van der Waals surface area (Å²) in [6, 6.07) is 14.3. The van der Waals surface area contributed by atoms with Crippen molar-refractivity contribution in [2.75, 3.05) is 13.1 Å².